The molecule has 5 nitrogen and oxygen atoms in total. The van der Waals surface area contributed by atoms with Gasteiger partial charge < -0.3 is 14.7 Å². The summed E-state index contributed by atoms with van der Waals surface area (Å²) in [7, 11) is 1.59. The molecule has 1 atom stereocenters. The number of Topliss-reactive ketones (excluding diaryl/α,β-unsaturated/α-hetero) is 1. The number of ketones is 1. The fourth-order valence-corrected chi connectivity index (χ4v) is 3.90. The van der Waals surface area contributed by atoms with Gasteiger partial charge in [0.15, 0.2) is 0 Å². The monoisotopic (exact) mass is 431 g/mol. The number of nitrogens with zero attached hydrogens (tertiary/aromatic N) is 1. The lowest BCUT2D eigenvalue weighted by Crippen LogP contribution is -2.31. The Morgan fingerprint density at radius 2 is 1.62 bits per heavy atom. The van der Waals surface area contributed by atoms with Crippen molar-refractivity contribution in [1.82, 2.24) is 4.90 Å². The van der Waals surface area contributed by atoms with Crippen LogP contribution in [0.15, 0.2) is 84.4 Å². The van der Waals surface area contributed by atoms with Crippen LogP contribution in [0.4, 0.5) is 4.39 Å². The highest BCUT2D eigenvalue weighted by Gasteiger charge is 2.45. The molecule has 1 heterocycles. The van der Waals surface area contributed by atoms with Crippen LogP contribution in [0.1, 0.15) is 22.7 Å². The van der Waals surface area contributed by atoms with Crippen molar-refractivity contribution in [3.8, 4) is 5.75 Å². The van der Waals surface area contributed by atoms with Crippen molar-refractivity contribution in [1.29, 1.82) is 0 Å². The van der Waals surface area contributed by atoms with Crippen LogP contribution < -0.4 is 4.74 Å². The summed E-state index contributed by atoms with van der Waals surface area (Å²) in [6, 6.07) is 21.0. The summed E-state index contributed by atoms with van der Waals surface area (Å²) in [6.07, 6.45) is 0.525. The topological polar surface area (TPSA) is 66.8 Å². The van der Waals surface area contributed by atoms with E-state index in [-0.39, 0.29) is 23.4 Å². The molecule has 4 rings (SSSR count). The molecule has 1 fully saturated rings. The number of carbonyl (C=O) groups is 2. The largest absolute Gasteiger partial charge is 0.507 e. The highest BCUT2D eigenvalue weighted by molar-refractivity contribution is 6.46. The molecule has 162 valence electrons. The first-order valence-electron chi connectivity index (χ1n) is 10.2. The zero-order valence-corrected chi connectivity index (χ0v) is 17.5. The Kier molecular flexibility index (Phi) is 6.03. The number of benzene rings is 3. The smallest absolute Gasteiger partial charge is 0.295 e. The zero-order valence-electron chi connectivity index (χ0n) is 17.5. The maximum absolute atomic E-state index is 13.3. The molecule has 1 aliphatic rings. The third-order valence-corrected chi connectivity index (χ3v) is 5.57. The van der Waals surface area contributed by atoms with Gasteiger partial charge in [0.25, 0.3) is 11.7 Å². The molecule has 0 spiro atoms. The van der Waals surface area contributed by atoms with Gasteiger partial charge >= 0.3 is 0 Å². The van der Waals surface area contributed by atoms with Crippen LogP contribution in [-0.4, -0.2) is 35.4 Å². The quantitative estimate of drug-likeness (QED) is 0.355. The minimum atomic E-state index is -0.754. The van der Waals surface area contributed by atoms with Crippen molar-refractivity contribution in [3.63, 3.8) is 0 Å². The molecule has 1 unspecified atom stereocenters. The number of amides is 1. The molecule has 1 N–H and O–H groups in total. The minimum absolute atomic E-state index is 0.00235. The molecule has 0 aliphatic carbocycles. The fraction of sp³-hybridized carbons (Fsp3) is 0.154. The first-order chi connectivity index (χ1) is 15.5. The second-order valence-corrected chi connectivity index (χ2v) is 7.51. The summed E-state index contributed by atoms with van der Waals surface area (Å²) >= 11 is 0. The van der Waals surface area contributed by atoms with Gasteiger partial charge in [-0.3, -0.25) is 9.59 Å². The van der Waals surface area contributed by atoms with Crippen LogP contribution >= 0.6 is 0 Å². The number of methoxy groups -OCH3 is 1. The molecule has 0 bridgehead atoms. The van der Waals surface area contributed by atoms with E-state index >= 15 is 0 Å². The molecular weight excluding hydrogens is 409 g/mol. The molecule has 0 aromatic heterocycles. The number of rotatable bonds is 6. The molecule has 3 aromatic rings. The van der Waals surface area contributed by atoms with Gasteiger partial charge in [-0.05, 0) is 53.9 Å². The van der Waals surface area contributed by atoms with E-state index in [0.717, 1.165) is 11.3 Å². The molecule has 0 radical (unpaired) electrons. The molecule has 0 saturated carbocycles. The summed E-state index contributed by atoms with van der Waals surface area (Å²) in [4.78, 5) is 27.4. The molecule has 3 aromatic carbocycles. The number of halogens is 1. The normalized spacial score (nSPS) is 17.6. The Balaban J connectivity index is 1.72. The van der Waals surface area contributed by atoms with Gasteiger partial charge in [0.2, 0.25) is 0 Å². The average Bonchev–Trinajstić information content (AvgIpc) is 3.08. The summed E-state index contributed by atoms with van der Waals surface area (Å²) in [5, 5.41) is 10.9. The Hall–Kier alpha value is -3.93. The van der Waals surface area contributed by atoms with E-state index in [1.54, 1.807) is 7.11 Å². The lowest BCUT2D eigenvalue weighted by atomic mass is 9.95. The Bertz CT molecular complexity index is 1150. The summed E-state index contributed by atoms with van der Waals surface area (Å²) < 4.78 is 18.5. The molecule has 6 heteroatoms. The number of likely N-dealkylation sites (tertiary alicyclic amines) is 1. The number of hydrogen-bond donors (Lipinski definition) is 1. The highest BCUT2D eigenvalue weighted by Crippen LogP contribution is 2.39. The molecule has 1 amide bonds. The number of hydrogen-bond acceptors (Lipinski definition) is 4. The summed E-state index contributed by atoms with van der Waals surface area (Å²) in [6.45, 7) is 0.288. The Morgan fingerprint density at radius 3 is 2.25 bits per heavy atom. The number of aliphatic hydroxyl groups excluding tert-OH is 1. The predicted octanol–water partition coefficient (Wildman–Crippen LogP) is 4.50. The summed E-state index contributed by atoms with van der Waals surface area (Å²) in [5.41, 5.74) is 1.98. The van der Waals surface area contributed by atoms with E-state index in [1.165, 1.54) is 29.2 Å². The zero-order chi connectivity index (χ0) is 22.7. The average molecular weight is 431 g/mol. The van der Waals surface area contributed by atoms with E-state index in [1.807, 2.05) is 54.6 Å². The Morgan fingerprint density at radius 1 is 0.969 bits per heavy atom. The second-order valence-electron chi connectivity index (χ2n) is 7.51. The number of aliphatic hydroxyl groups is 1. The molecule has 32 heavy (non-hydrogen) atoms. The van der Waals surface area contributed by atoms with Crippen LogP contribution in [-0.2, 0) is 16.0 Å². The highest BCUT2D eigenvalue weighted by atomic mass is 19.1. The van der Waals surface area contributed by atoms with Gasteiger partial charge in [-0.1, -0.05) is 42.5 Å². The minimum Gasteiger partial charge on any atom is -0.507 e. The van der Waals surface area contributed by atoms with Gasteiger partial charge in [0.1, 0.15) is 17.3 Å². The number of ether oxygens (including phenoxy) is 1. The third kappa shape index (κ3) is 4.12. The fourth-order valence-electron chi connectivity index (χ4n) is 3.90. The summed E-state index contributed by atoms with van der Waals surface area (Å²) in [5.74, 6) is -1.46. The maximum Gasteiger partial charge on any atom is 0.295 e. The van der Waals surface area contributed by atoms with Crippen molar-refractivity contribution in [2.24, 2.45) is 0 Å². The SMILES string of the molecule is COc1ccc(CCN2C(=O)C(=O)/C(=C(\O)c3ccc(F)cc3)C2c2ccccc2)cc1. The van der Waals surface area contributed by atoms with Gasteiger partial charge in [-0.15, -0.1) is 0 Å². The van der Waals surface area contributed by atoms with Gasteiger partial charge in [-0.2, -0.15) is 0 Å². The van der Waals surface area contributed by atoms with Gasteiger partial charge in [-0.25, -0.2) is 4.39 Å². The Labute approximate surface area is 185 Å². The second kappa shape index (κ2) is 9.06. The molecule has 1 aliphatic heterocycles. The van der Waals surface area contributed by atoms with Crippen LogP contribution in [0, 0.1) is 5.82 Å². The third-order valence-electron chi connectivity index (χ3n) is 5.57. The molecular formula is C26H22FNO4. The first kappa shape index (κ1) is 21.3. The van der Waals surface area contributed by atoms with Crippen molar-refractivity contribution < 1.29 is 23.8 Å². The van der Waals surface area contributed by atoms with Crippen molar-refractivity contribution >= 4 is 17.4 Å². The van der Waals surface area contributed by atoms with Gasteiger partial charge in [0, 0.05) is 12.1 Å². The van der Waals surface area contributed by atoms with E-state index in [2.05, 4.69) is 0 Å². The van der Waals surface area contributed by atoms with E-state index in [4.69, 9.17) is 4.74 Å². The maximum atomic E-state index is 13.3. The van der Waals surface area contributed by atoms with E-state index in [0.29, 0.717) is 12.0 Å². The van der Waals surface area contributed by atoms with Gasteiger partial charge in [0.05, 0.1) is 18.7 Å². The number of carbonyl (C=O) groups excluding carboxylic acids is 2. The van der Waals surface area contributed by atoms with Crippen LogP contribution in [0.5, 0.6) is 5.75 Å². The molecule has 1 saturated heterocycles. The van der Waals surface area contributed by atoms with Crippen LogP contribution in [0.25, 0.3) is 5.76 Å². The predicted molar refractivity (Wildman–Crippen MR) is 119 cm³/mol. The van der Waals surface area contributed by atoms with Crippen molar-refractivity contribution in [2.45, 2.75) is 12.5 Å². The lowest BCUT2D eigenvalue weighted by Gasteiger charge is -2.25. The van der Waals surface area contributed by atoms with Crippen molar-refractivity contribution in [3.05, 3.63) is 107 Å². The lowest BCUT2D eigenvalue weighted by molar-refractivity contribution is -0.139. The first-order valence-corrected chi connectivity index (χ1v) is 10.2. The van der Waals surface area contributed by atoms with Crippen LogP contribution in [0.3, 0.4) is 0 Å². The standard InChI is InChI=1S/C26H22FNO4/c1-32-21-13-7-17(8-14-21)15-16-28-23(18-5-3-2-4-6-18)22(25(30)26(28)31)24(29)19-9-11-20(27)12-10-19/h2-14,23,29H,15-16H2,1H3/b24-22-. The van der Waals surface area contributed by atoms with E-state index in [9.17, 15) is 19.1 Å². The van der Waals surface area contributed by atoms with E-state index < -0.39 is 23.5 Å². The van der Waals surface area contributed by atoms with Crippen LogP contribution in [0.2, 0.25) is 0 Å². The van der Waals surface area contributed by atoms with Crippen molar-refractivity contribution in [2.75, 3.05) is 13.7 Å².